The van der Waals surface area contributed by atoms with E-state index in [-0.39, 0.29) is 23.9 Å². The number of fused-ring (bicyclic) bond motifs is 2. The van der Waals surface area contributed by atoms with E-state index in [2.05, 4.69) is 5.32 Å². The minimum Gasteiger partial charge on any atom is -0.347 e. The first kappa shape index (κ1) is 14.9. The molecule has 2 aliphatic rings. The van der Waals surface area contributed by atoms with Crippen LogP contribution in [0, 0.1) is 5.92 Å². The molecule has 1 saturated heterocycles. The molecular weight excluding hydrogens is 300 g/mol. The molecule has 1 aliphatic carbocycles. The molecule has 2 aromatic carbocycles. The molecule has 0 radical (unpaired) electrons. The lowest BCUT2D eigenvalue weighted by molar-refractivity contribution is 0.0648. The van der Waals surface area contributed by atoms with E-state index in [1.807, 2.05) is 65.6 Å². The largest absolute Gasteiger partial charge is 0.347 e. The van der Waals surface area contributed by atoms with Crippen LogP contribution in [0.15, 0.2) is 60.7 Å². The number of piperidine rings is 1. The molecular formula is C20H20N2O2. The van der Waals surface area contributed by atoms with Crippen molar-refractivity contribution >= 4 is 11.8 Å². The monoisotopic (exact) mass is 320 g/mol. The Kier molecular flexibility index (Phi) is 3.81. The van der Waals surface area contributed by atoms with E-state index in [1.165, 1.54) is 0 Å². The molecule has 122 valence electrons. The number of likely N-dealkylation sites (tertiary alicyclic amines) is 1. The van der Waals surface area contributed by atoms with Crippen molar-refractivity contribution in [3.63, 3.8) is 0 Å². The van der Waals surface area contributed by atoms with E-state index in [1.54, 1.807) is 0 Å². The highest BCUT2D eigenvalue weighted by molar-refractivity contribution is 5.96. The lowest BCUT2D eigenvalue weighted by atomic mass is 10.0. The van der Waals surface area contributed by atoms with Crippen molar-refractivity contribution in [3.05, 3.63) is 71.8 Å². The first-order valence-corrected chi connectivity index (χ1v) is 8.44. The molecule has 1 N–H and O–H groups in total. The summed E-state index contributed by atoms with van der Waals surface area (Å²) in [7, 11) is 0. The summed E-state index contributed by atoms with van der Waals surface area (Å²) in [6.45, 7) is 0.802. The molecule has 1 aliphatic heterocycles. The highest BCUT2D eigenvalue weighted by Crippen LogP contribution is 2.38. The number of benzene rings is 2. The molecule has 2 amide bonds. The molecule has 2 aromatic rings. The van der Waals surface area contributed by atoms with Crippen molar-refractivity contribution in [2.45, 2.75) is 24.9 Å². The molecule has 4 nitrogen and oxygen atoms in total. The summed E-state index contributed by atoms with van der Waals surface area (Å²) < 4.78 is 0. The maximum Gasteiger partial charge on any atom is 0.254 e. The van der Waals surface area contributed by atoms with Gasteiger partial charge >= 0.3 is 0 Å². The van der Waals surface area contributed by atoms with E-state index in [9.17, 15) is 9.59 Å². The summed E-state index contributed by atoms with van der Waals surface area (Å²) in [5.41, 5.74) is 1.39. The molecule has 0 spiro atoms. The second-order valence-corrected chi connectivity index (χ2v) is 6.67. The zero-order valence-corrected chi connectivity index (χ0v) is 13.4. The summed E-state index contributed by atoms with van der Waals surface area (Å²) in [6, 6.07) is 18.8. The molecule has 2 fully saturated rings. The van der Waals surface area contributed by atoms with Crippen molar-refractivity contribution < 1.29 is 9.59 Å². The van der Waals surface area contributed by atoms with Gasteiger partial charge in [-0.05, 0) is 43.0 Å². The second kappa shape index (κ2) is 6.11. The van der Waals surface area contributed by atoms with Gasteiger partial charge in [-0.15, -0.1) is 0 Å². The number of amides is 2. The predicted octanol–water partition coefficient (Wildman–Crippen LogP) is 2.72. The van der Waals surface area contributed by atoms with Gasteiger partial charge in [-0.2, -0.15) is 0 Å². The fourth-order valence-electron chi connectivity index (χ4n) is 4.00. The maximum absolute atomic E-state index is 12.8. The summed E-state index contributed by atoms with van der Waals surface area (Å²) in [5, 5.41) is 3.13. The zero-order chi connectivity index (χ0) is 16.5. The molecule has 2 bridgehead atoms. The third kappa shape index (κ3) is 2.68. The van der Waals surface area contributed by atoms with Gasteiger partial charge in [0.25, 0.3) is 11.8 Å². The van der Waals surface area contributed by atoms with Crippen LogP contribution in [0.1, 0.15) is 33.6 Å². The number of carbonyl (C=O) groups is 2. The van der Waals surface area contributed by atoms with Gasteiger partial charge in [-0.25, -0.2) is 0 Å². The first-order valence-electron chi connectivity index (χ1n) is 8.44. The quantitative estimate of drug-likeness (QED) is 0.945. The average Bonchev–Trinajstić information content (AvgIpc) is 3.23. The Morgan fingerprint density at radius 3 is 2.12 bits per heavy atom. The molecule has 1 heterocycles. The summed E-state index contributed by atoms with van der Waals surface area (Å²) >= 11 is 0. The van der Waals surface area contributed by atoms with Crippen molar-refractivity contribution in [2.75, 3.05) is 6.54 Å². The second-order valence-electron chi connectivity index (χ2n) is 6.67. The number of rotatable bonds is 3. The Hall–Kier alpha value is -2.62. The van der Waals surface area contributed by atoms with Crippen molar-refractivity contribution in [1.29, 1.82) is 0 Å². The van der Waals surface area contributed by atoms with Gasteiger partial charge in [0.2, 0.25) is 0 Å². The van der Waals surface area contributed by atoms with Crippen LogP contribution >= 0.6 is 0 Å². The molecule has 3 unspecified atom stereocenters. The number of carbonyl (C=O) groups excluding carboxylic acids is 2. The summed E-state index contributed by atoms with van der Waals surface area (Å²) in [6.07, 6.45) is 1.94. The lowest BCUT2D eigenvalue weighted by Gasteiger charge is -2.33. The molecule has 4 heteroatoms. The number of nitrogens with zero attached hydrogens (tertiary/aromatic N) is 1. The van der Waals surface area contributed by atoms with E-state index in [0.29, 0.717) is 11.5 Å². The van der Waals surface area contributed by atoms with E-state index in [4.69, 9.17) is 0 Å². The van der Waals surface area contributed by atoms with Gasteiger partial charge < -0.3 is 10.2 Å². The third-order valence-corrected chi connectivity index (χ3v) is 5.12. The fraction of sp³-hybridized carbons (Fsp3) is 0.300. The van der Waals surface area contributed by atoms with Crippen LogP contribution in [0.3, 0.4) is 0 Å². The number of hydrogen-bond donors (Lipinski definition) is 1. The Morgan fingerprint density at radius 1 is 0.875 bits per heavy atom. The standard InChI is InChI=1S/C20H20N2O2/c23-19(15-7-3-1-4-8-15)21-17-11-14-12-18(17)22(13-14)20(24)16-9-5-2-6-10-16/h1-10,14,17-18H,11-13H2,(H,21,23). The van der Waals surface area contributed by atoms with Crippen LogP contribution in [-0.2, 0) is 0 Å². The van der Waals surface area contributed by atoms with Gasteiger partial charge in [0.1, 0.15) is 0 Å². The number of nitrogens with one attached hydrogen (secondary N) is 1. The van der Waals surface area contributed by atoms with Crippen molar-refractivity contribution in [1.82, 2.24) is 10.2 Å². The van der Waals surface area contributed by atoms with E-state index >= 15 is 0 Å². The Bertz CT molecular complexity index is 743. The summed E-state index contributed by atoms with van der Waals surface area (Å²) in [5.74, 6) is 0.505. The van der Waals surface area contributed by atoms with Crippen LogP contribution < -0.4 is 5.32 Å². The van der Waals surface area contributed by atoms with Gasteiger partial charge in [0, 0.05) is 23.7 Å². The van der Waals surface area contributed by atoms with Crippen LogP contribution in [-0.4, -0.2) is 35.3 Å². The zero-order valence-electron chi connectivity index (χ0n) is 13.4. The van der Waals surface area contributed by atoms with Crippen molar-refractivity contribution in [3.8, 4) is 0 Å². The smallest absolute Gasteiger partial charge is 0.254 e. The normalized spacial score (nSPS) is 24.8. The lowest BCUT2D eigenvalue weighted by Crippen LogP contribution is -2.51. The Balaban J connectivity index is 1.47. The molecule has 24 heavy (non-hydrogen) atoms. The fourth-order valence-corrected chi connectivity index (χ4v) is 4.00. The van der Waals surface area contributed by atoms with Crippen molar-refractivity contribution in [2.24, 2.45) is 5.92 Å². The first-order chi connectivity index (χ1) is 11.7. The van der Waals surface area contributed by atoms with Gasteiger partial charge in [0.05, 0.1) is 6.04 Å². The number of hydrogen-bond acceptors (Lipinski definition) is 2. The van der Waals surface area contributed by atoms with Gasteiger partial charge in [0.15, 0.2) is 0 Å². The SMILES string of the molecule is O=C(NC1CC2CC1N(C(=O)c1ccccc1)C2)c1ccccc1. The third-order valence-electron chi connectivity index (χ3n) is 5.12. The van der Waals surface area contributed by atoms with Gasteiger partial charge in [-0.3, -0.25) is 9.59 Å². The molecule has 3 atom stereocenters. The van der Waals surface area contributed by atoms with Gasteiger partial charge in [-0.1, -0.05) is 36.4 Å². The minimum absolute atomic E-state index is 0.0455. The minimum atomic E-state index is -0.0553. The van der Waals surface area contributed by atoms with E-state index < -0.39 is 0 Å². The average molecular weight is 320 g/mol. The highest BCUT2D eigenvalue weighted by Gasteiger charge is 2.47. The molecule has 4 rings (SSSR count). The van der Waals surface area contributed by atoms with Crippen LogP contribution in [0.4, 0.5) is 0 Å². The summed E-state index contributed by atoms with van der Waals surface area (Å²) in [4.78, 5) is 27.1. The molecule has 0 aromatic heterocycles. The topological polar surface area (TPSA) is 49.4 Å². The predicted molar refractivity (Wildman–Crippen MR) is 91.7 cm³/mol. The van der Waals surface area contributed by atoms with Crippen LogP contribution in [0.5, 0.6) is 0 Å². The maximum atomic E-state index is 12.8. The molecule has 1 saturated carbocycles. The van der Waals surface area contributed by atoms with Crippen LogP contribution in [0.2, 0.25) is 0 Å². The highest BCUT2D eigenvalue weighted by atomic mass is 16.2. The van der Waals surface area contributed by atoms with E-state index in [0.717, 1.165) is 24.9 Å². The van der Waals surface area contributed by atoms with Crippen LogP contribution in [0.25, 0.3) is 0 Å². The Labute approximate surface area is 141 Å². The Morgan fingerprint density at radius 2 is 1.50 bits per heavy atom.